The molecular weight excluding hydrogens is 302 g/mol. The lowest BCUT2D eigenvalue weighted by atomic mass is 10.1. The van der Waals surface area contributed by atoms with E-state index in [1.54, 1.807) is 7.11 Å². The summed E-state index contributed by atoms with van der Waals surface area (Å²) >= 11 is 0. The molecule has 0 aliphatic rings. The monoisotopic (exact) mass is 323 g/mol. The molecule has 5 nitrogen and oxygen atoms in total. The number of ether oxygens (including phenoxy) is 1. The quantitative estimate of drug-likeness (QED) is 0.785. The third kappa shape index (κ3) is 3.11. The first-order chi connectivity index (χ1) is 11.6. The molecule has 3 aromatic rings. The normalized spacial score (nSPS) is 10.8. The van der Waals surface area contributed by atoms with E-state index in [1.165, 1.54) is 0 Å². The molecule has 1 heterocycles. The number of carbonyl (C=O) groups is 1. The molecule has 0 radical (unpaired) electrons. The molecule has 124 valence electrons. The van der Waals surface area contributed by atoms with Crippen molar-refractivity contribution in [2.24, 2.45) is 7.05 Å². The second-order valence-electron chi connectivity index (χ2n) is 5.74. The van der Waals surface area contributed by atoms with Crippen molar-refractivity contribution in [1.82, 2.24) is 14.9 Å². The Morgan fingerprint density at radius 1 is 1.25 bits per heavy atom. The number of hydrogen-bond acceptors (Lipinski definition) is 3. The number of carbonyl (C=O) groups excluding carboxylic acids is 1. The third-order valence-corrected chi connectivity index (χ3v) is 4.24. The second-order valence-corrected chi connectivity index (χ2v) is 5.74. The van der Waals surface area contributed by atoms with E-state index in [0.29, 0.717) is 12.1 Å². The SMILES string of the molecule is COc1ccccc1CCNC(=O)c1ccc2c(c1)nc(C)n2C. The summed E-state index contributed by atoms with van der Waals surface area (Å²) in [6.07, 6.45) is 0.723. The molecule has 0 atom stereocenters. The van der Waals surface area contributed by atoms with Gasteiger partial charge in [0.15, 0.2) is 0 Å². The molecule has 0 spiro atoms. The molecule has 2 aromatic carbocycles. The molecular formula is C19H21N3O2. The van der Waals surface area contributed by atoms with Gasteiger partial charge in [0.2, 0.25) is 0 Å². The van der Waals surface area contributed by atoms with Gasteiger partial charge < -0.3 is 14.6 Å². The topological polar surface area (TPSA) is 56.1 Å². The van der Waals surface area contributed by atoms with Crippen LogP contribution in [0.3, 0.4) is 0 Å². The summed E-state index contributed by atoms with van der Waals surface area (Å²) in [6, 6.07) is 13.4. The smallest absolute Gasteiger partial charge is 0.251 e. The van der Waals surface area contributed by atoms with Crippen molar-refractivity contribution < 1.29 is 9.53 Å². The van der Waals surface area contributed by atoms with Crippen LogP contribution in [0.15, 0.2) is 42.5 Å². The van der Waals surface area contributed by atoms with Crippen molar-refractivity contribution >= 4 is 16.9 Å². The summed E-state index contributed by atoms with van der Waals surface area (Å²) < 4.78 is 7.34. The number of para-hydroxylation sites is 1. The van der Waals surface area contributed by atoms with Gasteiger partial charge in [-0.15, -0.1) is 0 Å². The molecule has 1 amide bonds. The van der Waals surface area contributed by atoms with Crippen molar-refractivity contribution in [3.05, 3.63) is 59.4 Å². The lowest BCUT2D eigenvalue weighted by Gasteiger charge is -2.09. The highest BCUT2D eigenvalue weighted by atomic mass is 16.5. The number of methoxy groups -OCH3 is 1. The summed E-state index contributed by atoms with van der Waals surface area (Å²) in [5, 5.41) is 2.96. The highest BCUT2D eigenvalue weighted by molar-refractivity contribution is 5.97. The predicted octanol–water partition coefficient (Wildman–Crippen LogP) is 2.86. The van der Waals surface area contributed by atoms with Crippen molar-refractivity contribution in [1.29, 1.82) is 0 Å². The first-order valence-corrected chi connectivity index (χ1v) is 7.93. The van der Waals surface area contributed by atoms with Gasteiger partial charge in [0.05, 0.1) is 18.1 Å². The molecule has 5 heteroatoms. The van der Waals surface area contributed by atoms with Gasteiger partial charge in [-0.3, -0.25) is 4.79 Å². The zero-order valence-corrected chi connectivity index (χ0v) is 14.2. The summed E-state index contributed by atoms with van der Waals surface area (Å²) in [7, 11) is 3.62. The van der Waals surface area contributed by atoms with E-state index in [1.807, 2.05) is 61.0 Å². The molecule has 0 saturated heterocycles. The first-order valence-electron chi connectivity index (χ1n) is 7.93. The van der Waals surface area contributed by atoms with Crippen LogP contribution in [-0.4, -0.2) is 29.1 Å². The molecule has 0 unspecified atom stereocenters. The number of amides is 1. The number of rotatable bonds is 5. The number of imidazole rings is 1. The van der Waals surface area contributed by atoms with Crippen LogP contribution >= 0.6 is 0 Å². The van der Waals surface area contributed by atoms with E-state index in [4.69, 9.17) is 4.74 Å². The molecule has 0 bridgehead atoms. The first kappa shape index (κ1) is 16.1. The van der Waals surface area contributed by atoms with E-state index in [9.17, 15) is 4.79 Å². The molecule has 1 N–H and O–H groups in total. The number of nitrogens with zero attached hydrogens (tertiary/aromatic N) is 2. The number of fused-ring (bicyclic) bond motifs is 1. The average Bonchev–Trinajstić information content (AvgIpc) is 2.89. The Balaban J connectivity index is 1.67. The highest BCUT2D eigenvalue weighted by Gasteiger charge is 2.10. The summed E-state index contributed by atoms with van der Waals surface area (Å²) in [6.45, 7) is 2.51. The Morgan fingerprint density at radius 2 is 2.04 bits per heavy atom. The summed E-state index contributed by atoms with van der Waals surface area (Å²) in [5.41, 5.74) is 3.57. The van der Waals surface area contributed by atoms with Crippen LogP contribution in [0.2, 0.25) is 0 Å². The number of hydrogen-bond donors (Lipinski definition) is 1. The van der Waals surface area contributed by atoms with Gasteiger partial charge >= 0.3 is 0 Å². The van der Waals surface area contributed by atoms with Crippen LogP contribution in [-0.2, 0) is 13.5 Å². The van der Waals surface area contributed by atoms with E-state index < -0.39 is 0 Å². The molecule has 0 saturated carbocycles. The van der Waals surface area contributed by atoms with Crippen LogP contribution in [0.4, 0.5) is 0 Å². The molecule has 0 aliphatic carbocycles. The Hall–Kier alpha value is -2.82. The van der Waals surface area contributed by atoms with Crippen LogP contribution in [0.5, 0.6) is 5.75 Å². The molecule has 3 rings (SSSR count). The fourth-order valence-corrected chi connectivity index (χ4v) is 2.78. The molecule has 24 heavy (non-hydrogen) atoms. The van der Waals surface area contributed by atoms with Gasteiger partial charge in [0, 0.05) is 19.2 Å². The van der Waals surface area contributed by atoms with Crippen molar-refractivity contribution in [3.8, 4) is 5.75 Å². The van der Waals surface area contributed by atoms with E-state index in [0.717, 1.165) is 34.6 Å². The maximum atomic E-state index is 12.3. The number of nitrogens with one attached hydrogen (secondary N) is 1. The van der Waals surface area contributed by atoms with Crippen molar-refractivity contribution in [2.75, 3.05) is 13.7 Å². The van der Waals surface area contributed by atoms with E-state index in [2.05, 4.69) is 10.3 Å². The standard InChI is InChI=1S/C19H21N3O2/c1-13-21-16-12-15(8-9-17(16)22(13)2)19(23)20-11-10-14-6-4-5-7-18(14)24-3/h4-9,12H,10-11H2,1-3H3,(H,20,23). The zero-order valence-electron chi connectivity index (χ0n) is 14.2. The number of aromatic nitrogens is 2. The summed E-state index contributed by atoms with van der Waals surface area (Å²) in [4.78, 5) is 16.8. The van der Waals surface area contributed by atoms with Crippen molar-refractivity contribution in [3.63, 3.8) is 0 Å². The van der Waals surface area contributed by atoms with Gasteiger partial charge in [0.25, 0.3) is 5.91 Å². The molecule has 0 aliphatic heterocycles. The van der Waals surface area contributed by atoms with Gasteiger partial charge in [-0.05, 0) is 43.2 Å². The summed E-state index contributed by atoms with van der Waals surface area (Å²) in [5.74, 6) is 1.69. The average molecular weight is 323 g/mol. The second kappa shape index (κ2) is 6.74. The van der Waals surface area contributed by atoms with Gasteiger partial charge in [-0.25, -0.2) is 4.98 Å². The van der Waals surface area contributed by atoms with Crippen LogP contribution < -0.4 is 10.1 Å². The fraction of sp³-hybridized carbons (Fsp3) is 0.263. The zero-order chi connectivity index (χ0) is 17.1. The minimum absolute atomic E-state index is 0.0879. The minimum Gasteiger partial charge on any atom is -0.496 e. The maximum absolute atomic E-state index is 12.3. The minimum atomic E-state index is -0.0879. The molecule has 1 aromatic heterocycles. The number of aryl methyl sites for hydroxylation is 2. The molecule has 0 fully saturated rings. The highest BCUT2D eigenvalue weighted by Crippen LogP contribution is 2.18. The largest absolute Gasteiger partial charge is 0.496 e. The van der Waals surface area contributed by atoms with E-state index in [-0.39, 0.29) is 5.91 Å². The van der Waals surface area contributed by atoms with Crippen LogP contribution in [0, 0.1) is 6.92 Å². The Morgan fingerprint density at radius 3 is 2.83 bits per heavy atom. The van der Waals surface area contributed by atoms with Gasteiger partial charge in [0.1, 0.15) is 11.6 Å². The number of benzene rings is 2. The maximum Gasteiger partial charge on any atom is 0.251 e. The predicted molar refractivity (Wildman–Crippen MR) is 94.5 cm³/mol. The lowest BCUT2D eigenvalue weighted by molar-refractivity contribution is 0.0954. The Bertz CT molecular complexity index is 883. The van der Waals surface area contributed by atoms with E-state index >= 15 is 0 Å². The lowest BCUT2D eigenvalue weighted by Crippen LogP contribution is -2.25. The van der Waals surface area contributed by atoms with Crippen molar-refractivity contribution in [2.45, 2.75) is 13.3 Å². The third-order valence-electron chi connectivity index (χ3n) is 4.24. The Kier molecular flexibility index (Phi) is 4.51. The van der Waals surface area contributed by atoms with Crippen LogP contribution in [0.1, 0.15) is 21.7 Å². The van der Waals surface area contributed by atoms with Gasteiger partial charge in [-0.1, -0.05) is 18.2 Å². The van der Waals surface area contributed by atoms with Crippen LogP contribution in [0.25, 0.3) is 11.0 Å². The fourth-order valence-electron chi connectivity index (χ4n) is 2.78. The Labute approximate surface area is 141 Å². The van der Waals surface area contributed by atoms with Gasteiger partial charge in [-0.2, -0.15) is 0 Å².